The SMILES string of the molecule is Fc1ccccc1CNc1cnnc(N2CCCC2)n1. The number of aromatic nitrogens is 3. The first-order valence-electron chi connectivity index (χ1n) is 6.75. The van der Waals surface area contributed by atoms with E-state index in [-0.39, 0.29) is 5.82 Å². The molecule has 1 N–H and O–H groups in total. The molecule has 20 heavy (non-hydrogen) atoms. The van der Waals surface area contributed by atoms with Crippen LogP contribution in [-0.2, 0) is 6.54 Å². The van der Waals surface area contributed by atoms with Crippen LogP contribution in [0.25, 0.3) is 0 Å². The predicted molar refractivity (Wildman–Crippen MR) is 75.0 cm³/mol. The van der Waals surface area contributed by atoms with Crippen LogP contribution < -0.4 is 10.2 Å². The van der Waals surface area contributed by atoms with E-state index in [1.165, 1.54) is 6.07 Å². The summed E-state index contributed by atoms with van der Waals surface area (Å²) in [5.74, 6) is 1.04. The standard InChI is InChI=1S/C14H16FN5/c15-12-6-2-1-5-11(12)9-16-13-10-17-19-14(18-13)20-7-3-4-8-20/h1-2,5-6,10H,3-4,7-9H2,(H,16,18,19). The minimum atomic E-state index is -0.221. The van der Waals surface area contributed by atoms with E-state index in [1.807, 2.05) is 6.07 Å². The molecule has 0 unspecified atom stereocenters. The molecule has 2 aromatic rings. The summed E-state index contributed by atoms with van der Waals surface area (Å²) in [6, 6.07) is 6.69. The largest absolute Gasteiger partial charge is 0.364 e. The highest BCUT2D eigenvalue weighted by atomic mass is 19.1. The van der Waals surface area contributed by atoms with Gasteiger partial charge in [0.15, 0.2) is 5.82 Å². The van der Waals surface area contributed by atoms with Gasteiger partial charge in [-0.05, 0) is 18.9 Å². The van der Waals surface area contributed by atoms with E-state index in [0.29, 0.717) is 23.9 Å². The Morgan fingerprint density at radius 2 is 2.00 bits per heavy atom. The molecule has 5 nitrogen and oxygen atoms in total. The van der Waals surface area contributed by atoms with Crippen molar-refractivity contribution in [2.75, 3.05) is 23.3 Å². The molecule has 0 atom stereocenters. The zero-order valence-corrected chi connectivity index (χ0v) is 11.1. The summed E-state index contributed by atoms with van der Waals surface area (Å²) in [5, 5.41) is 11.1. The molecule has 0 aliphatic carbocycles. The van der Waals surface area contributed by atoms with Crippen molar-refractivity contribution in [2.45, 2.75) is 19.4 Å². The Kier molecular flexibility index (Phi) is 3.71. The smallest absolute Gasteiger partial charge is 0.247 e. The fourth-order valence-electron chi connectivity index (χ4n) is 2.26. The molecule has 2 heterocycles. The Morgan fingerprint density at radius 1 is 1.20 bits per heavy atom. The van der Waals surface area contributed by atoms with Crippen LogP contribution in [-0.4, -0.2) is 28.3 Å². The second-order valence-electron chi connectivity index (χ2n) is 4.78. The lowest BCUT2D eigenvalue weighted by molar-refractivity contribution is 0.613. The van der Waals surface area contributed by atoms with E-state index in [9.17, 15) is 4.39 Å². The summed E-state index contributed by atoms with van der Waals surface area (Å²) in [5.41, 5.74) is 0.605. The molecular weight excluding hydrogens is 257 g/mol. The van der Waals surface area contributed by atoms with Crippen molar-refractivity contribution >= 4 is 11.8 Å². The van der Waals surface area contributed by atoms with E-state index < -0.39 is 0 Å². The second-order valence-corrected chi connectivity index (χ2v) is 4.78. The molecule has 0 bridgehead atoms. The summed E-state index contributed by atoms with van der Waals surface area (Å²) in [7, 11) is 0. The van der Waals surface area contributed by atoms with Crippen molar-refractivity contribution in [1.29, 1.82) is 0 Å². The quantitative estimate of drug-likeness (QED) is 0.925. The number of anilines is 2. The molecule has 0 radical (unpaired) electrons. The molecule has 0 spiro atoms. The van der Waals surface area contributed by atoms with E-state index >= 15 is 0 Å². The van der Waals surface area contributed by atoms with Crippen LogP contribution in [0, 0.1) is 5.82 Å². The van der Waals surface area contributed by atoms with E-state index in [0.717, 1.165) is 25.9 Å². The Hall–Kier alpha value is -2.24. The van der Waals surface area contributed by atoms with Gasteiger partial charge in [0.05, 0.1) is 6.20 Å². The molecule has 1 aromatic heterocycles. The van der Waals surface area contributed by atoms with Gasteiger partial charge in [-0.3, -0.25) is 0 Å². The van der Waals surface area contributed by atoms with Gasteiger partial charge in [-0.1, -0.05) is 18.2 Å². The monoisotopic (exact) mass is 273 g/mol. The number of halogens is 1. The molecule has 1 aromatic carbocycles. The normalized spacial score (nSPS) is 14.6. The number of nitrogens with zero attached hydrogens (tertiary/aromatic N) is 4. The average molecular weight is 273 g/mol. The Bertz CT molecular complexity index is 583. The number of hydrogen-bond acceptors (Lipinski definition) is 5. The van der Waals surface area contributed by atoms with E-state index in [4.69, 9.17) is 0 Å². The summed E-state index contributed by atoms with van der Waals surface area (Å²) < 4.78 is 13.5. The van der Waals surface area contributed by atoms with Crippen LogP contribution in [0.5, 0.6) is 0 Å². The molecule has 6 heteroatoms. The minimum absolute atomic E-state index is 0.221. The van der Waals surface area contributed by atoms with Crippen LogP contribution in [0.3, 0.4) is 0 Å². The number of benzene rings is 1. The van der Waals surface area contributed by atoms with Crippen molar-refractivity contribution in [1.82, 2.24) is 15.2 Å². The third kappa shape index (κ3) is 2.84. The van der Waals surface area contributed by atoms with Crippen molar-refractivity contribution in [3.8, 4) is 0 Å². The minimum Gasteiger partial charge on any atom is -0.364 e. The summed E-state index contributed by atoms with van der Waals surface area (Å²) in [4.78, 5) is 6.53. The maximum absolute atomic E-state index is 13.5. The first-order valence-corrected chi connectivity index (χ1v) is 6.75. The molecule has 1 aliphatic rings. The fourth-order valence-corrected chi connectivity index (χ4v) is 2.26. The van der Waals surface area contributed by atoms with Crippen LogP contribution in [0.1, 0.15) is 18.4 Å². The Labute approximate surface area is 116 Å². The first kappa shape index (κ1) is 12.8. The highest BCUT2D eigenvalue weighted by Gasteiger charge is 2.15. The summed E-state index contributed by atoms with van der Waals surface area (Å²) >= 11 is 0. The summed E-state index contributed by atoms with van der Waals surface area (Å²) in [6.07, 6.45) is 3.88. The van der Waals surface area contributed by atoms with Crippen LogP contribution >= 0.6 is 0 Å². The molecule has 1 saturated heterocycles. The molecule has 0 saturated carbocycles. The van der Waals surface area contributed by atoms with Gasteiger partial charge < -0.3 is 10.2 Å². The maximum Gasteiger partial charge on any atom is 0.247 e. The van der Waals surface area contributed by atoms with Crippen LogP contribution in [0.2, 0.25) is 0 Å². The zero-order chi connectivity index (χ0) is 13.8. The first-order chi connectivity index (χ1) is 9.83. The highest BCUT2D eigenvalue weighted by Crippen LogP contribution is 2.16. The molecule has 1 fully saturated rings. The number of hydrogen-bond donors (Lipinski definition) is 1. The van der Waals surface area contributed by atoms with Gasteiger partial charge in [0.2, 0.25) is 5.95 Å². The molecule has 1 aliphatic heterocycles. The highest BCUT2D eigenvalue weighted by molar-refractivity contribution is 5.40. The predicted octanol–water partition coefficient (Wildman–Crippen LogP) is 2.22. The van der Waals surface area contributed by atoms with Gasteiger partial charge in [0.25, 0.3) is 0 Å². The van der Waals surface area contributed by atoms with E-state index in [1.54, 1.807) is 18.3 Å². The van der Waals surface area contributed by atoms with Crippen molar-refractivity contribution in [3.63, 3.8) is 0 Å². The summed E-state index contributed by atoms with van der Waals surface area (Å²) in [6.45, 7) is 2.32. The van der Waals surface area contributed by atoms with Crippen LogP contribution in [0.4, 0.5) is 16.2 Å². The number of rotatable bonds is 4. The lowest BCUT2D eigenvalue weighted by Gasteiger charge is -2.15. The van der Waals surface area contributed by atoms with Crippen molar-refractivity contribution < 1.29 is 4.39 Å². The van der Waals surface area contributed by atoms with Gasteiger partial charge in [-0.25, -0.2) is 4.39 Å². The molecule has 0 amide bonds. The third-order valence-electron chi connectivity index (χ3n) is 3.35. The van der Waals surface area contributed by atoms with Crippen LogP contribution in [0.15, 0.2) is 30.5 Å². The molecular formula is C14H16FN5. The average Bonchev–Trinajstić information content (AvgIpc) is 3.01. The lowest BCUT2D eigenvalue weighted by Crippen LogP contribution is -2.21. The zero-order valence-electron chi connectivity index (χ0n) is 11.1. The molecule has 104 valence electrons. The Balaban J connectivity index is 1.68. The second kappa shape index (κ2) is 5.81. The molecule has 3 rings (SSSR count). The van der Waals surface area contributed by atoms with Crippen molar-refractivity contribution in [3.05, 3.63) is 41.8 Å². The van der Waals surface area contributed by atoms with Gasteiger partial charge >= 0.3 is 0 Å². The van der Waals surface area contributed by atoms with Gasteiger partial charge in [-0.2, -0.15) is 10.1 Å². The van der Waals surface area contributed by atoms with Gasteiger partial charge in [0.1, 0.15) is 5.82 Å². The maximum atomic E-state index is 13.5. The number of nitrogens with one attached hydrogen (secondary N) is 1. The van der Waals surface area contributed by atoms with Gasteiger partial charge in [0, 0.05) is 25.2 Å². The van der Waals surface area contributed by atoms with E-state index in [2.05, 4.69) is 25.4 Å². The third-order valence-corrected chi connectivity index (χ3v) is 3.35. The fraction of sp³-hybridized carbons (Fsp3) is 0.357. The van der Waals surface area contributed by atoms with Gasteiger partial charge in [-0.15, -0.1) is 5.10 Å². The Morgan fingerprint density at radius 3 is 2.80 bits per heavy atom. The topological polar surface area (TPSA) is 53.9 Å². The van der Waals surface area contributed by atoms with Crippen molar-refractivity contribution in [2.24, 2.45) is 0 Å². The lowest BCUT2D eigenvalue weighted by atomic mass is 10.2.